The normalized spacial score (nSPS) is 17.8. The van der Waals surface area contributed by atoms with Crippen molar-refractivity contribution in [1.29, 1.82) is 0 Å². The number of amides is 1. The first-order valence-electron chi connectivity index (χ1n) is 8.81. The highest BCUT2D eigenvalue weighted by molar-refractivity contribution is 5.76. The van der Waals surface area contributed by atoms with Crippen molar-refractivity contribution in [2.75, 3.05) is 6.54 Å². The largest absolute Gasteiger partial charge is 0.355 e. The van der Waals surface area contributed by atoms with Crippen molar-refractivity contribution in [2.45, 2.75) is 38.8 Å². The van der Waals surface area contributed by atoms with Gasteiger partial charge in [-0.3, -0.25) is 4.79 Å². The topological polar surface area (TPSA) is 41.1 Å². The Balaban J connectivity index is 1.41. The lowest BCUT2D eigenvalue weighted by Gasteiger charge is -2.26. The molecule has 1 heterocycles. The molecule has 1 amide bonds. The molecule has 0 spiro atoms. The summed E-state index contributed by atoms with van der Waals surface area (Å²) in [5.74, 6) is 0.506. The van der Waals surface area contributed by atoms with E-state index in [9.17, 15) is 4.79 Å². The molecule has 1 unspecified atom stereocenters. The SMILES string of the molecule is C[C@H](CC(=O)NCC1Cc2ccccc2CN1)Cc1ccccc1. The molecule has 3 rings (SSSR count). The fourth-order valence-electron chi connectivity index (χ4n) is 3.38. The maximum Gasteiger partial charge on any atom is 0.220 e. The van der Waals surface area contributed by atoms with E-state index >= 15 is 0 Å². The molecule has 24 heavy (non-hydrogen) atoms. The van der Waals surface area contributed by atoms with Crippen LogP contribution in [0.1, 0.15) is 30.0 Å². The van der Waals surface area contributed by atoms with Gasteiger partial charge in [-0.1, -0.05) is 61.5 Å². The summed E-state index contributed by atoms with van der Waals surface area (Å²) in [6.07, 6.45) is 2.51. The molecule has 0 saturated carbocycles. The molecule has 0 aromatic heterocycles. The van der Waals surface area contributed by atoms with Crippen LogP contribution in [0.15, 0.2) is 54.6 Å². The van der Waals surface area contributed by atoms with Crippen molar-refractivity contribution in [1.82, 2.24) is 10.6 Å². The summed E-state index contributed by atoms with van der Waals surface area (Å²) >= 11 is 0. The zero-order chi connectivity index (χ0) is 16.8. The smallest absolute Gasteiger partial charge is 0.220 e. The molecule has 1 aliphatic rings. The van der Waals surface area contributed by atoms with Gasteiger partial charge in [0.05, 0.1) is 0 Å². The van der Waals surface area contributed by atoms with Crippen LogP contribution in [-0.4, -0.2) is 18.5 Å². The van der Waals surface area contributed by atoms with Gasteiger partial charge in [-0.25, -0.2) is 0 Å². The van der Waals surface area contributed by atoms with Crippen molar-refractivity contribution in [2.24, 2.45) is 5.92 Å². The molecule has 0 bridgehead atoms. The van der Waals surface area contributed by atoms with Crippen LogP contribution >= 0.6 is 0 Å². The Hall–Kier alpha value is -2.13. The van der Waals surface area contributed by atoms with Crippen molar-refractivity contribution >= 4 is 5.91 Å². The first-order chi connectivity index (χ1) is 11.7. The van der Waals surface area contributed by atoms with Gasteiger partial charge in [0, 0.05) is 25.6 Å². The summed E-state index contributed by atoms with van der Waals surface area (Å²) in [4.78, 5) is 12.2. The number of benzene rings is 2. The number of carbonyl (C=O) groups is 1. The minimum atomic E-state index is 0.152. The predicted octanol–water partition coefficient (Wildman–Crippen LogP) is 3.09. The fourth-order valence-corrected chi connectivity index (χ4v) is 3.38. The van der Waals surface area contributed by atoms with E-state index in [2.05, 4.69) is 66.1 Å². The van der Waals surface area contributed by atoms with Gasteiger partial charge in [0.25, 0.3) is 0 Å². The summed E-state index contributed by atoms with van der Waals surface area (Å²) in [5, 5.41) is 6.61. The fraction of sp³-hybridized carbons (Fsp3) is 0.381. The van der Waals surface area contributed by atoms with E-state index in [0.717, 1.165) is 19.4 Å². The second-order valence-electron chi connectivity index (χ2n) is 6.85. The van der Waals surface area contributed by atoms with Crippen LogP contribution < -0.4 is 10.6 Å². The lowest BCUT2D eigenvalue weighted by Crippen LogP contribution is -2.44. The molecule has 0 saturated heterocycles. The molecule has 2 aromatic carbocycles. The predicted molar refractivity (Wildman–Crippen MR) is 97.7 cm³/mol. The molecule has 2 N–H and O–H groups in total. The molecular weight excluding hydrogens is 296 g/mol. The summed E-state index contributed by atoms with van der Waals surface area (Å²) in [6.45, 7) is 3.73. The molecule has 3 heteroatoms. The first kappa shape index (κ1) is 16.7. The van der Waals surface area contributed by atoms with Gasteiger partial charge >= 0.3 is 0 Å². The zero-order valence-corrected chi connectivity index (χ0v) is 14.3. The average molecular weight is 322 g/mol. The Morgan fingerprint density at radius 3 is 2.62 bits per heavy atom. The lowest BCUT2D eigenvalue weighted by atomic mass is 9.95. The highest BCUT2D eigenvalue weighted by Crippen LogP contribution is 2.16. The van der Waals surface area contributed by atoms with Crippen LogP contribution in [-0.2, 0) is 24.2 Å². The molecule has 1 aliphatic heterocycles. The van der Waals surface area contributed by atoms with Crippen LogP contribution in [0, 0.1) is 5.92 Å². The highest BCUT2D eigenvalue weighted by Gasteiger charge is 2.18. The summed E-state index contributed by atoms with van der Waals surface area (Å²) < 4.78 is 0. The van der Waals surface area contributed by atoms with E-state index in [1.54, 1.807) is 0 Å². The monoisotopic (exact) mass is 322 g/mol. The van der Waals surface area contributed by atoms with Gasteiger partial charge in [0.15, 0.2) is 0 Å². The first-order valence-corrected chi connectivity index (χ1v) is 8.81. The zero-order valence-electron chi connectivity index (χ0n) is 14.3. The van der Waals surface area contributed by atoms with Crippen molar-refractivity contribution in [3.63, 3.8) is 0 Å². The second-order valence-corrected chi connectivity index (χ2v) is 6.85. The minimum absolute atomic E-state index is 0.152. The van der Waals surface area contributed by atoms with Gasteiger partial charge in [-0.2, -0.15) is 0 Å². The standard InChI is InChI=1S/C21H26N2O/c1-16(11-17-7-3-2-4-8-17)12-21(24)23-15-20-13-18-9-5-6-10-19(18)14-22-20/h2-10,16,20,22H,11-15H2,1H3,(H,23,24)/t16-,20?/m0/s1. The molecule has 0 radical (unpaired) electrons. The minimum Gasteiger partial charge on any atom is -0.355 e. The molecule has 126 valence electrons. The third kappa shape index (κ3) is 4.68. The van der Waals surface area contributed by atoms with Crippen LogP contribution in [0.3, 0.4) is 0 Å². The Kier molecular flexibility index (Phi) is 5.65. The van der Waals surface area contributed by atoms with Crippen molar-refractivity contribution in [3.8, 4) is 0 Å². The second kappa shape index (κ2) is 8.11. The number of hydrogen-bond donors (Lipinski definition) is 2. The van der Waals surface area contributed by atoms with E-state index in [1.807, 2.05) is 6.07 Å². The van der Waals surface area contributed by atoms with Gasteiger partial charge in [0.2, 0.25) is 5.91 Å². The molecular formula is C21H26N2O. The van der Waals surface area contributed by atoms with E-state index in [1.165, 1.54) is 16.7 Å². The van der Waals surface area contributed by atoms with Crippen LogP contribution in [0.25, 0.3) is 0 Å². The molecule has 2 aromatic rings. The van der Waals surface area contributed by atoms with E-state index in [0.29, 0.717) is 24.9 Å². The van der Waals surface area contributed by atoms with Gasteiger partial charge < -0.3 is 10.6 Å². The van der Waals surface area contributed by atoms with Crippen LogP contribution in [0.4, 0.5) is 0 Å². The van der Waals surface area contributed by atoms with Crippen molar-refractivity contribution < 1.29 is 4.79 Å². The number of hydrogen-bond acceptors (Lipinski definition) is 2. The van der Waals surface area contributed by atoms with Gasteiger partial charge in [-0.15, -0.1) is 0 Å². The maximum atomic E-state index is 12.2. The van der Waals surface area contributed by atoms with Gasteiger partial charge in [-0.05, 0) is 35.4 Å². The van der Waals surface area contributed by atoms with E-state index in [-0.39, 0.29) is 5.91 Å². The molecule has 0 fully saturated rings. The third-order valence-corrected chi connectivity index (χ3v) is 4.67. The Labute approximate surface area is 144 Å². The number of rotatable bonds is 6. The summed E-state index contributed by atoms with van der Waals surface area (Å²) in [5.41, 5.74) is 4.06. The van der Waals surface area contributed by atoms with Crippen LogP contribution in [0.2, 0.25) is 0 Å². The van der Waals surface area contributed by atoms with Gasteiger partial charge in [0.1, 0.15) is 0 Å². The van der Waals surface area contributed by atoms with E-state index < -0.39 is 0 Å². The summed E-state index contributed by atoms with van der Waals surface area (Å²) in [7, 11) is 0. The lowest BCUT2D eigenvalue weighted by molar-refractivity contribution is -0.122. The molecule has 2 atom stereocenters. The van der Waals surface area contributed by atoms with Crippen LogP contribution in [0.5, 0.6) is 0 Å². The molecule has 3 nitrogen and oxygen atoms in total. The van der Waals surface area contributed by atoms with E-state index in [4.69, 9.17) is 0 Å². The Morgan fingerprint density at radius 1 is 1.12 bits per heavy atom. The number of nitrogens with one attached hydrogen (secondary N) is 2. The Morgan fingerprint density at radius 2 is 1.83 bits per heavy atom. The van der Waals surface area contributed by atoms with Crippen molar-refractivity contribution in [3.05, 3.63) is 71.3 Å². The highest BCUT2D eigenvalue weighted by atomic mass is 16.1. The summed E-state index contributed by atoms with van der Waals surface area (Å²) in [6, 6.07) is 19.2. The third-order valence-electron chi connectivity index (χ3n) is 4.67. The Bertz CT molecular complexity index is 669. The quantitative estimate of drug-likeness (QED) is 0.858. The number of carbonyl (C=O) groups excluding carboxylic acids is 1. The maximum absolute atomic E-state index is 12.2. The number of fused-ring (bicyclic) bond motifs is 1. The molecule has 0 aliphatic carbocycles. The average Bonchev–Trinajstić information content (AvgIpc) is 2.60.